The summed E-state index contributed by atoms with van der Waals surface area (Å²) in [6.45, 7) is 5.50. The zero-order valence-corrected chi connectivity index (χ0v) is 20.0. The van der Waals surface area contributed by atoms with Crippen molar-refractivity contribution in [3.63, 3.8) is 0 Å². The first-order valence-electron chi connectivity index (χ1n) is 10.6. The monoisotopic (exact) mass is 470 g/mol. The molecule has 32 heavy (non-hydrogen) atoms. The van der Waals surface area contributed by atoms with Gasteiger partial charge in [0.05, 0.1) is 30.2 Å². The topological polar surface area (TPSA) is 117 Å². The second-order valence-electron chi connectivity index (χ2n) is 8.02. The van der Waals surface area contributed by atoms with E-state index in [0.29, 0.717) is 31.9 Å². The molecule has 2 atom stereocenters. The number of nitrogens with zero attached hydrogens (tertiary/aromatic N) is 2. The SMILES string of the molecule is COCCCNC(=O)CN(C)CC(=O)Nc1ccc(S(=O)(=O)N2CC(C)OC(C)C2)cc1. The van der Waals surface area contributed by atoms with Gasteiger partial charge in [-0.15, -0.1) is 0 Å². The van der Waals surface area contributed by atoms with Crippen molar-refractivity contribution in [2.45, 2.75) is 37.4 Å². The van der Waals surface area contributed by atoms with Gasteiger partial charge in [0.15, 0.2) is 0 Å². The average molecular weight is 471 g/mol. The van der Waals surface area contributed by atoms with Crippen molar-refractivity contribution in [2.75, 3.05) is 58.8 Å². The Kier molecular flexibility index (Phi) is 10.0. The molecule has 11 heteroatoms. The number of ether oxygens (including phenoxy) is 2. The Labute approximate surface area is 190 Å². The van der Waals surface area contributed by atoms with Gasteiger partial charge in [-0.2, -0.15) is 4.31 Å². The summed E-state index contributed by atoms with van der Waals surface area (Å²) in [5.74, 6) is -0.469. The molecule has 1 fully saturated rings. The van der Waals surface area contributed by atoms with Gasteiger partial charge in [0.2, 0.25) is 21.8 Å². The Morgan fingerprint density at radius 1 is 1.12 bits per heavy atom. The van der Waals surface area contributed by atoms with Gasteiger partial charge in [-0.25, -0.2) is 8.42 Å². The van der Waals surface area contributed by atoms with Crippen LogP contribution in [0.25, 0.3) is 0 Å². The molecule has 1 aromatic carbocycles. The Hall–Kier alpha value is -2.05. The molecule has 2 unspecified atom stereocenters. The summed E-state index contributed by atoms with van der Waals surface area (Å²) in [6, 6.07) is 6.07. The minimum absolute atomic E-state index is 0.0229. The lowest BCUT2D eigenvalue weighted by molar-refractivity contribution is -0.123. The standard InChI is InChI=1S/C21H34N4O6S/c1-16-12-25(13-17(2)31-16)32(28,29)19-8-6-18(7-9-19)23-21(27)15-24(3)14-20(26)22-10-5-11-30-4/h6-9,16-17H,5,10-15H2,1-4H3,(H,22,26)(H,23,27). The molecule has 2 N–H and O–H groups in total. The zero-order valence-electron chi connectivity index (χ0n) is 19.2. The number of carbonyl (C=O) groups excluding carboxylic acids is 2. The molecule has 2 amide bonds. The predicted molar refractivity (Wildman–Crippen MR) is 121 cm³/mol. The van der Waals surface area contributed by atoms with Crippen molar-refractivity contribution in [3.05, 3.63) is 24.3 Å². The fraction of sp³-hybridized carbons (Fsp3) is 0.619. The largest absolute Gasteiger partial charge is 0.385 e. The van der Waals surface area contributed by atoms with Crippen molar-refractivity contribution >= 4 is 27.5 Å². The molecule has 10 nitrogen and oxygen atoms in total. The molecule has 1 heterocycles. The molecule has 2 rings (SSSR count). The van der Waals surface area contributed by atoms with Gasteiger partial charge in [-0.1, -0.05) is 0 Å². The third-order valence-electron chi connectivity index (χ3n) is 4.84. The Bertz CT molecular complexity index is 852. The highest BCUT2D eigenvalue weighted by atomic mass is 32.2. The summed E-state index contributed by atoms with van der Waals surface area (Å²) in [4.78, 5) is 25.9. The Morgan fingerprint density at radius 3 is 2.31 bits per heavy atom. The van der Waals surface area contributed by atoms with E-state index < -0.39 is 10.0 Å². The summed E-state index contributed by atoms with van der Waals surface area (Å²) < 4.78 is 37.8. The van der Waals surface area contributed by atoms with Gasteiger partial charge < -0.3 is 20.1 Å². The van der Waals surface area contributed by atoms with Gasteiger partial charge >= 0.3 is 0 Å². The lowest BCUT2D eigenvalue weighted by atomic mass is 10.3. The predicted octanol–water partition coefficient (Wildman–Crippen LogP) is 0.508. The third kappa shape index (κ3) is 8.14. The quantitative estimate of drug-likeness (QED) is 0.453. The van der Waals surface area contributed by atoms with Gasteiger partial charge in [-0.05, 0) is 51.6 Å². The van der Waals surface area contributed by atoms with Crippen molar-refractivity contribution in [1.82, 2.24) is 14.5 Å². The molecule has 0 bridgehead atoms. The maximum absolute atomic E-state index is 12.9. The molecule has 0 spiro atoms. The number of methoxy groups -OCH3 is 1. The minimum atomic E-state index is -3.64. The highest BCUT2D eigenvalue weighted by molar-refractivity contribution is 7.89. The highest BCUT2D eigenvalue weighted by Crippen LogP contribution is 2.22. The number of carbonyl (C=O) groups is 2. The van der Waals surface area contributed by atoms with E-state index in [4.69, 9.17) is 9.47 Å². The van der Waals surface area contributed by atoms with Crippen LogP contribution in [0.3, 0.4) is 0 Å². The van der Waals surface area contributed by atoms with Crippen molar-refractivity contribution in [2.24, 2.45) is 0 Å². The summed E-state index contributed by atoms with van der Waals surface area (Å²) in [6.07, 6.45) is 0.384. The lowest BCUT2D eigenvalue weighted by Gasteiger charge is -2.34. The number of sulfonamides is 1. The molecule has 1 saturated heterocycles. The van der Waals surface area contributed by atoms with Crippen molar-refractivity contribution < 1.29 is 27.5 Å². The molecule has 180 valence electrons. The van der Waals surface area contributed by atoms with Crippen LogP contribution >= 0.6 is 0 Å². The van der Waals surface area contributed by atoms with Gasteiger partial charge in [0.25, 0.3) is 0 Å². The van der Waals surface area contributed by atoms with Crippen LogP contribution in [0, 0.1) is 0 Å². The van der Waals surface area contributed by atoms with Crippen LogP contribution in [0.2, 0.25) is 0 Å². The van der Waals surface area contributed by atoms with Crippen molar-refractivity contribution in [3.8, 4) is 0 Å². The number of morpholine rings is 1. The Balaban J connectivity index is 1.85. The molecular weight excluding hydrogens is 436 g/mol. The number of benzene rings is 1. The fourth-order valence-corrected chi connectivity index (χ4v) is 5.02. The molecule has 0 saturated carbocycles. The lowest BCUT2D eigenvalue weighted by Crippen LogP contribution is -2.48. The molecule has 0 aromatic heterocycles. The highest BCUT2D eigenvalue weighted by Gasteiger charge is 2.32. The summed E-state index contributed by atoms with van der Waals surface area (Å²) >= 11 is 0. The van der Waals surface area contributed by atoms with E-state index in [1.807, 2.05) is 13.8 Å². The number of anilines is 1. The average Bonchev–Trinajstić information content (AvgIpc) is 2.70. The van der Waals surface area contributed by atoms with E-state index in [2.05, 4.69) is 10.6 Å². The molecule has 0 aliphatic carbocycles. The van der Waals surface area contributed by atoms with Crippen molar-refractivity contribution in [1.29, 1.82) is 0 Å². The zero-order chi connectivity index (χ0) is 23.7. The second kappa shape index (κ2) is 12.3. The van der Waals surface area contributed by atoms with E-state index in [9.17, 15) is 18.0 Å². The smallest absolute Gasteiger partial charge is 0.243 e. The maximum Gasteiger partial charge on any atom is 0.243 e. The first kappa shape index (κ1) is 26.2. The van der Waals surface area contributed by atoms with Gasteiger partial charge in [0, 0.05) is 39.0 Å². The minimum Gasteiger partial charge on any atom is -0.385 e. The summed E-state index contributed by atoms with van der Waals surface area (Å²) in [5.41, 5.74) is 0.482. The van der Waals surface area contributed by atoms with Crippen LogP contribution in [0.15, 0.2) is 29.2 Å². The van der Waals surface area contributed by atoms with Gasteiger partial charge in [0.1, 0.15) is 0 Å². The van der Waals surface area contributed by atoms with E-state index in [1.54, 1.807) is 31.2 Å². The number of amides is 2. The number of likely N-dealkylation sites (N-methyl/N-ethyl adjacent to an activating group) is 1. The molecule has 1 aliphatic rings. The number of rotatable bonds is 11. The molecule has 0 radical (unpaired) electrons. The number of nitrogens with one attached hydrogen (secondary N) is 2. The molecule has 1 aromatic rings. The van der Waals surface area contributed by atoms with Crippen LogP contribution in [-0.4, -0.2) is 95.1 Å². The number of hydrogen-bond acceptors (Lipinski definition) is 7. The third-order valence-corrected chi connectivity index (χ3v) is 6.68. The maximum atomic E-state index is 12.9. The van der Waals surface area contributed by atoms with E-state index in [1.165, 1.54) is 16.4 Å². The Morgan fingerprint density at radius 2 is 1.72 bits per heavy atom. The summed E-state index contributed by atoms with van der Waals surface area (Å²) in [5, 5.41) is 5.48. The van der Waals surface area contributed by atoms with Crippen LogP contribution < -0.4 is 10.6 Å². The first-order valence-corrected chi connectivity index (χ1v) is 12.1. The normalized spacial score (nSPS) is 19.7. The first-order chi connectivity index (χ1) is 15.1. The van der Waals surface area contributed by atoms with Gasteiger partial charge in [-0.3, -0.25) is 14.5 Å². The van der Waals surface area contributed by atoms with Crippen LogP contribution in [0.4, 0.5) is 5.69 Å². The van der Waals surface area contributed by atoms with E-state index in [0.717, 1.165) is 6.42 Å². The van der Waals surface area contributed by atoms with E-state index >= 15 is 0 Å². The fourth-order valence-electron chi connectivity index (χ4n) is 3.43. The van der Waals surface area contributed by atoms with Crippen LogP contribution in [0.1, 0.15) is 20.3 Å². The number of hydrogen-bond donors (Lipinski definition) is 2. The second-order valence-corrected chi connectivity index (χ2v) is 9.96. The summed E-state index contributed by atoms with van der Waals surface area (Å²) in [7, 11) is -0.359. The van der Waals surface area contributed by atoms with Crippen LogP contribution in [-0.2, 0) is 29.1 Å². The van der Waals surface area contributed by atoms with Crippen LogP contribution in [0.5, 0.6) is 0 Å². The van der Waals surface area contributed by atoms with E-state index in [-0.39, 0.29) is 42.0 Å². The molecular formula is C21H34N4O6S. The molecule has 1 aliphatic heterocycles.